The summed E-state index contributed by atoms with van der Waals surface area (Å²) in [4.78, 5) is 25.6. The molecule has 0 aliphatic heterocycles. The number of halogens is 4. The predicted octanol–water partition coefficient (Wildman–Crippen LogP) is 5.92. The number of rotatable bonds is 5. The average molecular weight is 521 g/mol. The fourth-order valence-electron chi connectivity index (χ4n) is 4.02. The van der Waals surface area contributed by atoms with E-state index in [9.17, 15) is 27.5 Å². The van der Waals surface area contributed by atoms with Crippen molar-refractivity contribution in [3.05, 3.63) is 102 Å². The summed E-state index contributed by atoms with van der Waals surface area (Å²) < 4.78 is 57.6. The SMILES string of the molecule is C[C@H](O)c1ccn2c(NC(=O)c3cc(-c4ncccn4)c(C(F)(F)F)cc3F)c(-c3ccccc3)nc2c1. The molecule has 0 aliphatic carbocycles. The van der Waals surface area contributed by atoms with Crippen molar-refractivity contribution in [2.75, 3.05) is 5.32 Å². The van der Waals surface area contributed by atoms with Crippen molar-refractivity contribution in [3.8, 4) is 22.6 Å². The van der Waals surface area contributed by atoms with Crippen LogP contribution in [0.4, 0.5) is 23.4 Å². The number of hydrogen-bond acceptors (Lipinski definition) is 5. The molecule has 3 aromatic heterocycles. The number of nitrogens with zero attached hydrogens (tertiary/aromatic N) is 4. The highest BCUT2D eigenvalue weighted by atomic mass is 19.4. The number of carbonyl (C=O) groups excluding carboxylic acids is 1. The van der Waals surface area contributed by atoms with Crippen LogP contribution in [-0.4, -0.2) is 30.4 Å². The third-order valence-electron chi connectivity index (χ3n) is 5.88. The lowest BCUT2D eigenvalue weighted by Crippen LogP contribution is -2.18. The van der Waals surface area contributed by atoms with Gasteiger partial charge in [0.2, 0.25) is 0 Å². The number of hydrogen-bond donors (Lipinski definition) is 2. The molecule has 0 radical (unpaired) electrons. The van der Waals surface area contributed by atoms with E-state index in [1.54, 1.807) is 55.6 Å². The third kappa shape index (κ3) is 4.71. The predicted molar refractivity (Wildman–Crippen MR) is 132 cm³/mol. The summed E-state index contributed by atoms with van der Waals surface area (Å²) in [5.74, 6) is -2.49. The molecule has 7 nitrogen and oxygen atoms in total. The number of fused-ring (bicyclic) bond motifs is 1. The molecule has 0 saturated heterocycles. The normalized spacial score (nSPS) is 12.5. The van der Waals surface area contributed by atoms with E-state index in [1.165, 1.54) is 22.9 Å². The highest BCUT2D eigenvalue weighted by Crippen LogP contribution is 2.38. The van der Waals surface area contributed by atoms with Gasteiger partial charge in [0, 0.05) is 29.7 Å². The maximum atomic E-state index is 15.0. The first kappa shape index (κ1) is 25.0. The summed E-state index contributed by atoms with van der Waals surface area (Å²) in [6.07, 6.45) is -1.60. The Hall–Kier alpha value is -4.64. The standard InChI is InChI=1S/C27H19F4N5O2/c1-15(37)17-8-11-36-22(12-17)34-23(16-6-3-2-4-7-16)25(36)35-26(38)19-13-18(24-32-9-5-10-33-24)20(14-21(19)28)27(29,30)31/h2-15,37H,1H3,(H,35,38)/t15-/m0/s1. The lowest BCUT2D eigenvalue weighted by molar-refractivity contribution is -0.137. The molecule has 192 valence electrons. The molecule has 11 heteroatoms. The van der Waals surface area contributed by atoms with Crippen molar-refractivity contribution in [2.24, 2.45) is 0 Å². The van der Waals surface area contributed by atoms with Crippen molar-refractivity contribution in [1.29, 1.82) is 0 Å². The van der Waals surface area contributed by atoms with Crippen molar-refractivity contribution in [2.45, 2.75) is 19.2 Å². The lowest BCUT2D eigenvalue weighted by atomic mass is 10.0. The first-order valence-corrected chi connectivity index (χ1v) is 11.4. The summed E-state index contributed by atoms with van der Waals surface area (Å²) in [6, 6.07) is 14.6. The topological polar surface area (TPSA) is 92.4 Å². The van der Waals surface area contributed by atoms with Gasteiger partial charge in [0.15, 0.2) is 5.82 Å². The molecule has 5 rings (SSSR count). The quantitative estimate of drug-likeness (QED) is 0.280. The van der Waals surface area contributed by atoms with Gasteiger partial charge in [0.25, 0.3) is 5.91 Å². The fraction of sp³-hybridized carbons (Fsp3) is 0.111. The van der Waals surface area contributed by atoms with E-state index in [2.05, 4.69) is 20.3 Å². The zero-order valence-corrected chi connectivity index (χ0v) is 19.7. The fourth-order valence-corrected chi connectivity index (χ4v) is 4.02. The molecule has 0 bridgehead atoms. The smallest absolute Gasteiger partial charge is 0.389 e. The summed E-state index contributed by atoms with van der Waals surface area (Å²) >= 11 is 0. The average Bonchev–Trinajstić information content (AvgIpc) is 3.26. The Labute approximate surface area is 213 Å². The largest absolute Gasteiger partial charge is 0.417 e. The number of aliphatic hydroxyl groups excluding tert-OH is 1. The number of amides is 1. The summed E-state index contributed by atoms with van der Waals surface area (Å²) in [7, 11) is 0. The second kappa shape index (κ2) is 9.67. The Bertz CT molecular complexity index is 1630. The molecule has 0 unspecified atom stereocenters. The van der Waals surface area contributed by atoms with Gasteiger partial charge in [0.05, 0.1) is 17.2 Å². The van der Waals surface area contributed by atoms with Crippen LogP contribution in [-0.2, 0) is 6.18 Å². The van der Waals surface area contributed by atoms with Crippen LogP contribution in [0.25, 0.3) is 28.3 Å². The molecule has 0 saturated carbocycles. The van der Waals surface area contributed by atoms with E-state index in [-0.39, 0.29) is 17.7 Å². The molecule has 38 heavy (non-hydrogen) atoms. The number of benzene rings is 2. The van der Waals surface area contributed by atoms with E-state index in [1.807, 2.05) is 0 Å². The Balaban J connectivity index is 1.63. The monoisotopic (exact) mass is 521 g/mol. The number of imidazole rings is 1. The van der Waals surface area contributed by atoms with E-state index in [0.717, 1.165) is 6.07 Å². The molecular weight excluding hydrogens is 502 g/mol. The molecule has 2 aromatic carbocycles. The molecule has 3 heterocycles. The van der Waals surface area contributed by atoms with Crippen LogP contribution in [0.1, 0.15) is 34.5 Å². The van der Waals surface area contributed by atoms with Crippen LogP contribution in [0, 0.1) is 5.82 Å². The van der Waals surface area contributed by atoms with Gasteiger partial charge in [-0.1, -0.05) is 30.3 Å². The van der Waals surface area contributed by atoms with Gasteiger partial charge in [-0.2, -0.15) is 13.2 Å². The maximum Gasteiger partial charge on any atom is 0.417 e. The minimum Gasteiger partial charge on any atom is -0.389 e. The summed E-state index contributed by atoms with van der Waals surface area (Å²) in [5.41, 5.74) is -0.507. The maximum absolute atomic E-state index is 15.0. The van der Waals surface area contributed by atoms with E-state index < -0.39 is 40.7 Å². The van der Waals surface area contributed by atoms with Gasteiger partial charge in [0.1, 0.15) is 23.0 Å². The number of alkyl halides is 3. The molecule has 0 spiro atoms. The second-order valence-electron chi connectivity index (χ2n) is 8.44. The molecular formula is C27H19F4N5O2. The summed E-state index contributed by atoms with van der Waals surface area (Å²) in [6.45, 7) is 1.59. The number of pyridine rings is 1. The second-order valence-corrected chi connectivity index (χ2v) is 8.44. The van der Waals surface area contributed by atoms with E-state index in [0.29, 0.717) is 22.5 Å². The van der Waals surface area contributed by atoms with Crippen molar-refractivity contribution >= 4 is 17.4 Å². The van der Waals surface area contributed by atoms with E-state index in [4.69, 9.17) is 0 Å². The van der Waals surface area contributed by atoms with Gasteiger partial charge >= 0.3 is 6.18 Å². The minimum absolute atomic E-state index is 0.171. The Kier molecular flexibility index (Phi) is 6.37. The van der Waals surface area contributed by atoms with Crippen LogP contribution in [0.3, 0.4) is 0 Å². The van der Waals surface area contributed by atoms with Crippen LogP contribution in [0.5, 0.6) is 0 Å². The molecule has 1 amide bonds. The summed E-state index contributed by atoms with van der Waals surface area (Å²) in [5, 5.41) is 12.6. The van der Waals surface area contributed by atoms with Crippen molar-refractivity contribution in [3.63, 3.8) is 0 Å². The lowest BCUT2D eigenvalue weighted by Gasteiger charge is -2.15. The number of anilines is 1. The Morgan fingerprint density at radius 1 is 1.03 bits per heavy atom. The van der Waals surface area contributed by atoms with Crippen molar-refractivity contribution < 1.29 is 27.5 Å². The zero-order valence-electron chi connectivity index (χ0n) is 19.7. The van der Waals surface area contributed by atoms with Gasteiger partial charge in [-0.15, -0.1) is 0 Å². The molecule has 1 atom stereocenters. The number of aliphatic hydroxyl groups is 1. The molecule has 0 aliphatic rings. The Morgan fingerprint density at radius 2 is 1.74 bits per heavy atom. The molecule has 2 N–H and O–H groups in total. The van der Waals surface area contributed by atoms with Gasteiger partial charge in [-0.3, -0.25) is 9.20 Å². The third-order valence-corrected chi connectivity index (χ3v) is 5.88. The highest BCUT2D eigenvalue weighted by molar-refractivity contribution is 6.06. The zero-order chi connectivity index (χ0) is 27.0. The van der Waals surface area contributed by atoms with Crippen LogP contribution in [0.15, 0.2) is 79.3 Å². The number of aromatic nitrogens is 4. The van der Waals surface area contributed by atoms with Crippen LogP contribution in [0.2, 0.25) is 0 Å². The highest BCUT2D eigenvalue weighted by Gasteiger charge is 2.36. The molecule has 5 aromatic rings. The van der Waals surface area contributed by atoms with Crippen molar-refractivity contribution in [1.82, 2.24) is 19.4 Å². The first-order chi connectivity index (χ1) is 18.1. The van der Waals surface area contributed by atoms with Gasteiger partial charge < -0.3 is 10.4 Å². The van der Waals surface area contributed by atoms with Crippen LogP contribution < -0.4 is 5.32 Å². The number of carbonyl (C=O) groups is 1. The van der Waals surface area contributed by atoms with Gasteiger partial charge in [-0.25, -0.2) is 19.3 Å². The Morgan fingerprint density at radius 3 is 2.39 bits per heavy atom. The number of nitrogens with one attached hydrogen (secondary N) is 1. The van der Waals surface area contributed by atoms with E-state index >= 15 is 0 Å². The minimum atomic E-state index is -4.91. The molecule has 0 fully saturated rings. The van der Waals surface area contributed by atoms with Gasteiger partial charge in [-0.05, 0) is 42.8 Å². The first-order valence-electron chi connectivity index (χ1n) is 11.4. The van der Waals surface area contributed by atoms with Crippen LogP contribution >= 0.6 is 0 Å².